The molecule has 8 aromatic carbocycles. The molecule has 3 heteroatoms. The minimum absolute atomic E-state index is 0.0930. The Labute approximate surface area is 294 Å². The topological polar surface area (TPSA) is 12.5 Å². The SMILES string of the molecule is Cc1ccc(N(c2ccc3c(c2)Oc2cccc4c(B(c5ccccc5C)c5ccccc5C)ccc-3c24)c2ccc3ccccc3c2)cc1. The Morgan fingerprint density at radius 3 is 1.80 bits per heavy atom. The number of rotatable bonds is 6. The molecular weight excluding hydrogens is 605 g/mol. The van der Waals surface area contributed by atoms with E-state index >= 15 is 0 Å². The minimum atomic E-state index is 0.0930. The molecule has 0 N–H and O–H groups in total. The lowest BCUT2D eigenvalue weighted by molar-refractivity contribution is 0.487. The Morgan fingerprint density at radius 2 is 1.06 bits per heavy atom. The zero-order valence-corrected chi connectivity index (χ0v) is 28.5. The van der Waals surface area contributed by atoms with Gasteiger partial charge in [-0.1, -0.05) is 148 Å². The molecule has 2 nitrogen and oxygen atoms in total. The maximum atomic E-state index is 6.87. The number of benzene rings is 8. The van der Waals surface area contributed by atoms with E-state index in [0.717, 1.165) is 34.1 Å². The summed E-state index contributed by atoms with van der Waals surface area (Å²) in [5.41, 5.74) is 13.3. The van der Waals surface area contributed by atoms with Crippen LogP contribution in [0.15, 0.2) is 164 Å². The van der Waals surface area contributed by atoms with Gasteiger partial charge in [0, 0.05) is 34.1 Å². The summed E-state index contributed by atoms with van der Waals surface area (Å²) in [6.07, 6.45) is 0. The van der Waals surface area contributed by atoms with E-state index in [-0.39, 0.29) is 6.71 Å². The number of aryl methyl sites for hydroxylation is 3. The molecule has 1 aliphatic rings. The van der Waals surface area contributed by atoms with Crippen LogP contribution < -0.4 is 26.0 Å². The third kappa shape index (κ3) is 5.06. The third-order valence-corrected chi connectivity index (χ3v) is 10.4. The number of fused-ring (bicyclic) bond motifs is 3. The molecule has 0 spiro atoms. The second kappa shape index (κ2) is 12.1. The van der Waals surface area contributed by atoms with E-state index in [9.17, 15) is 0 Å². The highest BCUT2D eigenvalue weighted by molar-refractivity contribution is 6.97. The number of anilines is 3. The molecule has 0 unspecified atom stereocenters. The molecule has 0 saturated heterocycles. The smallest absolute Gasteiger partial charge is 0.242 e. The lowest BCUT2D eigenvalue weighted by Crippen LogP contribution is -2.54. The van der Waals surface area contributed by atoms with Gasteiger partial charge >= 0.3 is 0 Å². The van der Waals surface area contributed by atoms with Crippen LogP contribution >= 0.6 is 0 Å². The van der Waals surface area contributed by atoms with Crippen LogP contribution in [-0.4, -0.2) is 6.71 Å². The first kappa shape index (κ1) is 30.0. The van der Waals surface area contributed by atoms with Crippen molar-refractivity contribution in [2.24, 2.45) is 0 Å². The van der Waals surface area contributed by atoms with Crippen molar-refractivity contribution in [1.29, 1.82) is 0 Å². The van der Waals surface area contributed by atoms with Crippen molar-refractivity contribution in [2.45, 2.75) is 20.8 Å². The Hall–Kier alpha value is -6.06. The molecule has 0 aliphatic carbocycles. The minimum Gasteiger partial charge on any atom is -0.456 e. The van der Waals surface area contributed by atoms with Gasteiger partial charge in [0.2, 0.25) is 6.71 Å². The number of ether oxygens (including phenoxy) is 1. The second-order valence-corrected chi connectivity index (χ2v) is 13.5. The van der Waals surface area contributed by atoms with Crippen molar-refractivity contribution >= 4 is 61.7 Å². The number of hydrogen-bond donors (Lipinski definition) is 0. The lowest BCUT2D eigenvalue weighted by atomic mass is 9.35. The summed E-state index contributed by atoms with van der Waals surface area (Å²) >= 11 is 0. The molecule has 1 aliphatic heterocycles. The van der Waals surface area contributed by atoms with Gasteiger partial charge in [-0.3, -0.25) is 0 Å². The summed E-state index contributed by atoms with van der Waals surface area (Å²) in [7, 11) is 0. The molecule has 0 amide bonds. The molecule has 0 radical (unpaired) electrons. The monoisotopic (exact) mass is 641 g/mol. The van der Waals surface area contributed by atoms with Crippen LogP contribution in [0.1, 0.15) is 16.7 Å². The van der Waals surface area contributed by atoms with E-state index in [2.05, 4.69) is 189 Å². The van der Waals surface area contributed by atoms with Crippen LogP contribution in [0.3, 0.4) is 0 Å². The van der Waals surface area contributed by atoms with E-state index < -0.39 is 0 Å². The highest BCUT2D eigenvalue weighted by Gasteiger charge is 2.30. The summed E-state index contributed by atoms with van der Waals surface area (Å²) in [5.74, 6) is 1.76. The summed E-state index contributed by atoms with van der Waals surface area (Å²) in [4.78, 5) is 2.32. The van der Waals surface area contributed by atoms with Gasteiger partial charge in [-0.15, -0.1) is 0 Å². The van der Waals surface area contributed by atoms with Crippen LogP contribution in [0, 0.1) is 20.8 Å². The fourth-order valence-corrected chi connectivity index (χ4v) is 7.81. The number of nitrogens with zero attached hydrogens (tertiary/aromatic N) is 1. The molecule has 0 saturated carbocycles. The summed E-state index contributed by atoms with van der Waals surface area (Å²) in [6, 6.07) is 59.4. The Balaban J connectivity index is 1.20. The van der Waals surface area contributed by atoms with E-state index in [1.807, 2.05) is 0 Å². The summed E-state index contributed by atoms with van der Waals surface area (Å²) < 4.78 is 6.87. The second-order valence-electron chi connectivity index (χ2n) is 13.5. The van der Waals surface area contributed by atoms with Gasteiger partial charge < -0.3 is 9.64 Å². The fraction of sp³-hybridized carbons (Fsp3) is 0.0638. The van der Waals surface area contributed by atoms with Crippen molar-refractivity contribution in [3.05, 3.63) is 180 Å². The average Bonchev–Trinajstić information content (AvgIpc) is 3.14. The molecular formula is C47H36BNO. The zero-order chi connectivity index (χ0) is 33.8. The first-order chi connectivity index (χ1) is 24.5. The lowest BCUT2D eigenvalue weighted by Gasteiger charge is -2.29. The maximum Gasteiger partial charge on any atom is 0.242 e. The highest BCUT2D eigenvalue weighted by atomic mass is 16.5. The zero-order valence-electron chi connectivity index (χ0n) is 28.5. The molecule has 1 heterocycles. The van der Waals surface area contributed by atoms with Gasteiger partial charge in [0.1, 0.15) is 11.5 Å². The molecule has 50 heavy (non-hydrogen) atoms. The van der Waals surface area contributed by atoms with Gasteiger partial charge in [-0.05, 0) is 85.0 Å². The van der Waals surface area contributed by atoms with Crippen LogP contribution in [0.5, 0.6) is 11.5 Å². The van der Waals surface area contributed by atoms with Crippen molar-refractivity contribution in [3.63, 3.8) is 0 Å². The van der Waals surface area contributed by atoms with Crippen LogP contribution in [0.4, 0.5) is 17.1 Å². The maximum absolute atomic E-state index is 6.87. The third-order valence-electron chi connectivity index (χ3n) is 10.4. The summed E-state index contributed by atoms with van der Waals surface area (Å²) in [5, 5.41) is 4.83. The van der Waals surface area contributed by atoms with Crippen molar-refractivity contribution < 1.29 is 4.74 Å². The molecule has 238 valence electrons. The van der Waals surface area contributed by atoms with Crippen molar-refractivity contribution in [3.8, 4) is 22.6 Å². The van der Waals surface area contributed by atoms with Gasteiger partial charge in [-0.25, -0.2) is 0 Å². The fourth-order valence-electron chi connectivity index (χ4n) is 7.81. The molecule has 0 aromatic heterocycles. The van der Waals surface area contributed by atoms with E-state index in [1.54, 1.807) is 0 Å². The van der Waals surface area contributed by atoms with Crippen LogP contribution in [-0.2, 0) is 0 Å². The Morgan fingerprint density at radius 1 is 0.440 bits per heavy atom. The molecule has 0 fully saturated rings. The first-order valence-corrected chi connectivity index (χ1v) is 17.4. The predicted octanol–water partition coefficient (Wildman–Crippen LogP) is 10.7. The molecule has 8 aromatic rings. The van der Waals surface area contributed by atoms with E-state index in [1.165, 1.54) is 60.2 Å². The van der Waals surface area contributed by atoms with Crippen molar-refractivity contribution in [1.82, 2.24) is 0 Å². The predicted molar refractivity (Wildman–Crippen MR) is 213 cm³/mol. The van der Waals surface area contributed by atoms with Gasteiger partial charge in [0.15, 0.2) is 0 Å². The van der Waals surface area contributed by atoms with Gasteiger partial charge in [0.25, 0.3) is 0 Å². The van der Waals surface area contributed by atoms with Crippen LogP contribution in [0.2, 0.25) is 0 Å². The standard InChI is InChI=1S/C47H36BNO/c1-31-19-22-36(23-20-31)49(37-24-21-34-13-6-7-14-35(34)29-37)38-25-26-39-40-27-28-44(41-15-10-18-45(47(40)41)50-46(39)30-38)48(42-16-8-4-11-32(42)2)43-17-9-5-12-33(43)3/h4-30H,1-3H3. The Kier molecular flexibility index (Phi) is 7.28. The molecule has 0 atom stereocenters. The van der Waals surface area contributed by atoms with Crippen molar-refractivity contribution in [2.75, 3.05) is 4.90 Å². The van der Waals surface area contributed by atoms with Crippen LogP contribution in [0.25, 0.3) is 32.7 Å². The summed E-state index contributed by atoms with van der Waals surface area (Å²) in [6.45, 7) is 6.67. The normalized spacial score (nSPS) is 11.7. The first-order valence-electron chi connectivity index (χ1n) is 17.4. The van der Waals surface area contributed by atoms with Gasteiger partial charge in [-0.2, -0.15) is 0 Å². The average molecular weight is 642 g/mol. The quantitative estimate of drug-likeness (QED) is 0.168. The molecule has 9 rings (SSSR count). The molecule has 0 bridgehead atoms. The van der Waals surface area contributed by atoms with E-state index in [4.69, 9.17) is 4.74 Å². The van der Waals surface area contributed by atoms with E-state index in [0.29, 0.717) is 0 Å². The Bertz CT molecular complexity index is 2520. The number of hydrogen-bond acceptors (Lipinski definition) is 2. The largest absolute Gasteiger partial charge is 0.456 e. The highest BCUT2D eigenvalue weighted by Crippen LogP contribution is 2.48. The van der Waals surface area contributed by atoms with Gasteiger partial charge in [0.05, 0.1) is 0 Å².